The zero-order chi connectivity index (χ0) is 17.2. The highest BCUT2D eigenvalue weighted by atomic mass is 16.2. The average molecular weight is 325 g/mol. The third-order valence-electron chi connectivity index (χ3n) is 3.12. The smallest absolute Gasteiger partial charge is 0.251 e. The van der Waals surface area contributed by atoms with Crippen molar-refractivity contribution in [3.63, 3.8) is 0 Å². The predicted octanol–water partition coefficient (Wildman–Crippen LogP) is 1.08. The van der Waals surface area contributed by atoms with E-state index in [2.05, 4.69) is 25.9 Å². The van der Waals surface area contributed by atoms with Crippen LogP contribution in [0.15, 0.2) is 48.9 Å². The second-order valence-corrected chi connectivity index (χ2v) is 4.84. The maximum Gasteiger partial charge on any atom is 0.251 e. The standard InChI is InChI=1S/C17H19N5O2/c1-18-17(24)14-5-2-13(3-6-14)4-7-16(23)22-11-10-21-15-12-19-8-9-20-15/h2-9,12H,10-11H2,1H3,(H,18,24)(H,20,21)(H,22,23)/b7-4+. The van der Waals surface area contributed by atoms with Crippen molar-refractivity contribution in [2.45, 2.75) is 0 Å². The molecule has 2 rings (SSSR count). The molecule has 0 saturated carbocycles. The van der Waals surface area contributed by atoms with Crippen molar-refractivity contribution in [1.29, 1.82) is 0 Å². The average Bonchev–Trinajstić information content (AvgIpc) is 2.64. The fraction of sp³-hybridized carbons (Fsp3) is 0.176. The number of nitrogens with zero attached hydrogens (tertiary/aromatic N) is 2. The number of carbonyl (C=O) groups is 2. The number of aromatic nitrogens is 2. The van der Waals surface area contributed by atoms with E-state index >= 15 is 0 Å². The summed E-state index contributed by atoms with van der Waals surface area (Å²) in [5, 5.41) is 8.36. The van der Waals surface area contributed by atoms with E-state index in [1.54, 1.807) is 56.0 Å². The van der Waals surface area contributed by atoms with Gasteiger partial charge in [0.25, 0.3) is 5.91 Å². The Bertz CT molecular complexity index is 699. The summed E-state index contributed by atoms with van der Waals surface area (Å²) in [5.74, 6) is 0.337. The fourth-order valence-electron chi connectivity index (χ4n) is 1.89. The molecule has 0 aliphatic carbocycles. The molecule has 1 aromatic carbocycles. The summed E-state index contributed by atoms with van der Waals surface area (Å²) in [6, 6.07) is 6.98. The van der Waals surface area contributed by atoms with Crippen LogP contribution in [0.2, 0.25) is 0 Å². The van der Waals surface area contributed by atoms with E-state index in [1.165, 1.54) is 6.08 Å². The van der Waals surface area contributed by atoms with Crippen molar-refractivity contribution in [1.82, 2.24) is 20.6 Å². The van der Waals surface area contributed by atoms with Gasteiger partial charge in [-0.1, -0.05) is 12.1 Å². The van der Waals surface area contributed by atoms with Crippen LogP contribution in [0.25, 0.3) is 6.08 Å². The molecule has 0 spiro atoms. The highest BCUT2D eigenvalue weighted by Gasteiger charge is 2.01. The molecule has 0 aliphatic rings. The first-order chi connectivity index (χ1) is 11.7. The van der Waals surface area contributed by atoms with Gasteiger partial charge in [-0.3, -0.25) is 14.6 Å². The van der Waals surface area contributed by atoms with Gasteiger partial charge in [0.15, 0.2) is 0 Å². The lowest BCUT2D eigenvalue weighted by Crippen LogP contribution is -2.27. The number of nitrogens with one attached hydrogen (secondary N) is 3. The second kappa shape index (κ2) is 9.04. The SMILES string of the molecule is CNC(=O)c1ccc(/C=C/C(=O)NCCNc2cnccn2)cc1. The number of benzene rings is 1. The molecule has 0 saturated heterocycles. The van der Waals surface area contributed by atoms with Gasteiger partial charge in [-0.25, -0.2) is 4.98 Å². The maximum atomic E-state index is 11.7. The highest BCUT2D eigenvalue weighted by Crippen LogP contribution is 2.06. The molecule has 0 fully saturated rings. The van der Waals surface area contributed by atoms with E-state index in [9.17, 15) is 9.59 Å². The van der Waals surface area contributed by atoms with Crippen molar-refractivity contribution in [2.24, 2.45) is 0 Å². The largest absolute Gasteiger partial charge is 0.367 e. The molecule has 1 aromatic heterocycles. The lowest BCUT2D eigenvalue weighted by atomic mass is 10.1. The zero-order valence-electron chi connectivity index (χ0n) is 13.3. The number of carbonyl (C=O) groups excluding carboxylic acids is 2. The summed E-state index contributed by atoms with van der Waals surface area (Å²) in [6.07, 6.45) is 7.96. The summed E-state index contributed by atoms with van der Waals surface area (Å²) in [6.45, 7) is 1.02. The molecule has 2 amide bonds. The third kappa shape index (κ3) is 5.53. The third-order valence-corrected chi connectivity index (χ3v) is 3.12. The number of hydrogen-bond acceptors (Lipinski definition) is 5. The van der Waals surface area contributed by atoms with Crippen LogP contribution in [0.4, 0.5) is 5.82 Å². The van der Waals surface area contributed by atoms with Gasteiger partial charge in [0.2, 0.25) is 5.91 Å². The van der Waals surface area contributed by atoms with Crippen LogP contribution in [0.3, 0.4) is 0 Å². The molecule has 124 valence electrons. The Hall–Kier alpha value is -3.22. The quantitative estimate of drug-likeness (QED) is 0.523. The van der Waals surface area contributed by atoms with Crippen LogP contribution in [0.5, 0.6) is 0 Å². The Labute approximate surface area is 140 Å². The molecule has 24 heavy (non-hydrogen) atoms. The van der Waals surface area contributed by atoms with Crippen LogP contribution < -0.4 is 16.0 Å². The summed E-state index contributed by atoms with van der Waals surface area (Å²) >= 11 is 0. The molecule has 7 nitrogen and oxygen atoms in total. The van der Waals surface area contributed by atoms with Crippen molar-refractivity contribution in [3.8, 4) is 0 Å². The monoisotopic (exact) mass is 325 g/mol. The number of amides is 2. The molecule has 2 aromatic rings. The van der Waals surface area contributed by atoms with Crippen molar-refractivity contribution >= 4 is 23.7 Å². The van der Waals surface area contributed by atoms with Crippen LogP contribution in [-0.4, -0.2) is 41.9 Å². The van der Waals surface area contributed by atoms with Crippen LogP contribution >= 0.6 is 0 Å². The van der Waals surface area contributed by atoms with E-state index in [0.717, 1.165) is 5.56 Å². The van der Waals surface area contributed by atoms with Crippen LogP contribution in [0, 0.1) is 0 Å². The Morgan fingerprint density at radius 2 is 1.92 bits per heavy atom. The van der Waals surface area contributed by atoms with Crippen molar-refractivity contribution < 1.29 is 9.59 Å². The minimum Gasteiger partial charge on any atom is -0.367 e. The van der Waals surface area contributed by atoms with Gasteiger partial charge < -0.3 is 16.0 Å². The van der Waals surface area contributed by atoms with Gasteiger partial charge in [0.05, 0.1) is 6.20 Å². The summed E-state index contributed by atoms with van der Waals surface area (Å²) in [4.78, 5) is 31.2. The molecule has 0 atom stereocenters. The summed E-state index contributed by atoms with van der Waals surface area (Å²) in [5.41, 5.74) is 1.42. The minimum absolute atomic E-state index is 0.140. The second-order valence-electron chi connectivity index (χ2n) is 4.84. The fourth-order valence-corrected chi connectivity index (χ4v) is 1.89. The van der Waals surface area contributed by atoms with E-state index < -0.39 is 0 Å². The Morgan fingerprint density at radius 3 is 2.58 bits per heavy atom. The molecule has 1 heterocycles. The normalized spacial score (nSPS) is 10.4. The minimum atomic E-state index is -0.189. The molecule has 3 N–H and O–H groups in total. The summed E-state index contributed by atoms with van der Waals surface area (Å²) in [7, 11) is 1.58. The lowest BCUT2D eigenvalue weighted by molar-refractivity contribution is -0.116. The molecule has 0 unspecified atom stereocenters. The molecule has 0 bridgehead atoms. The van der Waals surface area contributed by atoms with E-state index in [-0.39, 0.29) is 11.8 Å². The van der Waals surface area contributed by atoms with Gasteiger partial charge in [0, 0.05) is 44.2 Å². The molecule has 0 radical (unpaired) electrons. The topological polar surface area (TPSA) is 96.0 Å². The first kappa shape index (κ1) is 17.1. The highest BCUT2D eigenvalue weighted by molar-refractivity contribution is 5.94. The zero-order valence-corrected chi connectivity index (χ0v) is 13.3. The van der Waals surface area contributed by atoms with Gasteiger partial charge in [-0.05, 0) is 23.8 Å². The Balaban J connectivity index is 1.73. The molecular formula is C17H19N5O2. The molecular weight excluding hydrogens is 306 g/mol. The van der Waals surface area contributed by atoms with Gasteiger partial charge in [0.1, 0.15) is 5.82 Å². The van der Waals surface area contributed by atoms with E-state index in [4.69, 9.17) is 0 Å². The van der Waals surface area contributed by atoms with Gasteiger partial charge >= 0.3 is 0 Å². The molecule has 7 heteroatoms. The van der Waals surface area contributed by atoms with Gasteiger partial charge in [-0.15, -0.1) is 0 Å². The van der Waals surface area contributed by atoms with Crippen LogP contribution in [0.1, 0.15) is 15.9 Å². The maximum absolute atomic E-state index is 11.7. The van der Waals surface area contributed by atoms with E-state index in [0.29, 0.717) is 24.5 Å². The number of rotatable bonds is 7. The number of hydrogen-bond donors (Lipinski definition) is 3. The summed E-state index contributed by atoms with van der Waals surface area (Å²) < 4.78 is 0. The lowest BCUT2D eigenvalue weighted by Gasteiger charge is -2.05. The molecule has 0 aliphatic heterocycles. The number of anilines is 1. The van der Waals surface area contributed by atoms with Crippen molar-refractivity contribution in [2.75, 3.05) is 25.5 Å². The first-order valence-corrected chi connectivity index (χ1v) is 7.47. The van der Waals surface area contributed by atoms with Crippen LogP contribution in [-0.2, 0) is 4.79 Å². The van der Waals surface area contributed by atoms with Crippen molar-refractivity contribution in [3.05, 3.63) is 60.1 Å². The Morgan fingerprint density at radius 1 is 1.12 bits per heavy atom. The van der Waals surface area contributed by atoms with E-state index in [1.807, 2.05) is 0 Å². The predicted molar refractivity (Wildman–Crippen MR) is 92.4 cm³/mol. The van der Waals surface area contributed by atoms with Gasteiger partial charge in [-0.2, -0.15) is 0 Å². The first-order valence-electron chi connectivity index (χ1n) is 7.47. The Kier molecular flexibility index (Phi) is 6.46.